The molecular formula is C13H18N4O. The van der Waals surface area contributed by atoms with Crippen molar-refractivity contribution >= 4 is 5.65 Å². The van der Waals surface area contributed by atoms with Gasteiger partial charge in [-0.2, -0.15) is 4.52 Å². The lowest BCUT2D eigenvalue weighted by Crippen LogP contribution is -2.19. The van der Waals surface area contributed by atoms with E-state index in [-0.39, 0.29) is 0 Å². The molecule has 2 aromatic rings. The Kier molecular flexibility index (Phi) is 2.91. The highest BCUT2D eigenvalue weighted by Crippen LogP contribution is 2.25. The lowest BCUT2D eigenvalue weighted by molar-refractivity contribution is 0.352. The fourth-order valence-corrected chi connectivity index (χ4v) is 2.56. The number of hydrogen-bond donors (Lipinski definition) is 0. The van der Waals surface area contributed by atoms with Gasteiger partial charge in [0, 0.05) is 18.5 Å². The molecule has 1 unspecified atom stereocenters. The van der Waals surface area contributed by atoms with Gasteiger partial charge in [0.25, 0.3) is 0 Å². The van der Waals surface area contributed by atoms with Gasteiger partial charge >= 0.3 is 0 Å². The summed E-state index contributed by atoms with van der Waals surface area (Å²) < 4.78 is 7.08. The van der Waals surface area contributed by atoms with Crippen molar-refractivity contribution in [2.45, 2.75) is 19.3 Å². The first-order valence-electron chi connectivity index (χ1n) is 6.44. The minimum Gasteiger partial charge on any atom is -0.481 e. The van der Waals surface area contributed by atoms with E-state index in [0.717, 1.165) is 43.4 Å². The number of likely N-dealkylation sites (N-methyl/N-ethyl adjacent to an activating group) is 1. The molecule has 0 spiro atoms. The van der Waals surface area contributed by atoms with Gasteiger partial charge in [-0.25, -0.2) is 4.98 Å². The Balaban J connectivity index is 1.94. The number of rotatable bonds is 3. The molecule has 1 saturated heterocycles. The number of nitrogens with zero attached hydrogens (tertiary/aromatic N) is 4. The minimum atomic E-state index is 0.453. The van der Waals surface area contributed by atoms with Gasteiger partial charge in [-0.15, -0.1) is 5.10 Å². The Labute approximate surface area is 106 Å². The van der Waals surface area contributed by atoms with Crippen molar-refractivity contribution in [3.63, 3.8) is 0 Å². The van der Waals surface area contributed by atoms with Gasteiger partial charge in [0.1, 0.15) is 0 Å². The zero-order valence-corrected chi connectivity index (χ0v) is 10.8. The zero-order chi connectivity index (χ0) is 12.5. The average molecular weight is 246 g/mol. The van der Waals surface area contributed by atoms with Crippen molar-refractivity contribution in [1.82, 2.24) is 19.5 Å². The number of ether oxygens (including phenoxy) is 1. The molecule has 0 aromatic carbocycles. The molecule has 1 aliphatic rings. The normalized spacial score (nSPS) is 20.7. The molecule has 0 N–H and O–H groups in total. The van der Waals surface area contributed by atoms with Gasteiger partial charge in [0.05, 0.1) is 7.11 Å². The van der Waals surface area contributed by atoms with Crippen LogP contribution in [-0.2, 0) is 0 Å². The summed E-state index contributed by atoms with van der Waals surface area (Å²) in [6, 6.07) is 5.81. The van der Waals surface area contributed by atoms with E-state index in [1.165, 1.54) is 0 Å². The van der Waals surface area contributed by atoms with Crippen LogP contribution in [-0.4, -0.2) is 46.2 Å². The first-order valence-corrected chi connectivity index (χ1v) is 6.44. The van der Waals surface area contributed by atoms with Crippen molar-refractivity contribution in [3.8, 4) is 5.88 Å². The molecule has 0 radical (unpaired) electrons. The minimum absolute atomic E-state index is 0.453. The zero-order valence-electron chi connectivity index (χ0n) is 10.8. The maximum absolute atomic E-state index is 5.30. The topological polar surface area (TPSA) is 42.7 Å². The van der Waals surface area contributed by atoms with Crippen LogP contribution >= 0.6 is 0 Å². The number of hydrogen-bond acceptors (Lipinski definition) is 4. The fraction of sp³-hybridized carbons (Fsp3) is 0.538. The molecule has 96 valence electrons. The molecule has 0 bridgehead atoms. The van der Waals surface area contributed by atoms with Crippen LogP contribution in [0.25, 0.3) is 5.65 Å². The van der Waals surface area contributed by atoms with Crippen LogP contribution in [0, 0.1) is 0 Å². The number of pyridine rings is 1. The van der Waals surface area contributed by atoms with Crippen LogP contribution in [0.5, 0.6) is 5.88 Å². The Morgan fingerprint density at radius 2 is 2.33 bits per heavy atom. The first kappa shape index (κ1) is 11.5. The second-order valence-electron chi connectivity index (χ2n) is 4.69. The lowest BCUT2D eigenvalue weighted by atomic mass is 10.1. The third-order valence-electron chi connectivity index (χ3n) is 3.64. The standard InChI is InChI=1S/C13H18N4O/c1-3-16-8-7-10(9-16)13-14-11-5-4-6-12(18-2)17(11)15-13/h4-6,10H,3,7-9H2,1-2H3. The maximum Gasteiger partial charge on any atom is 0.216 e. The van der Waals surface area contributed by atoms with E-state index in [1.807, 2.05) is 18.2 Å². The van der Waals surface area contributed by atoms with Crippen molar-refractivity contribution in [3.05, 3.63) is 24.0 Å². The summed E-state index contributed by atoms with van der Waals surface area (Å²) in [6.45, 7) is 5.51. The van der Waals surface area contributed by atoms with Crippen LogP contribution in [0.3, 0.4) is 0 Å². The van der Waals surface area contributed by atoms with E-state index in [1.54, 1.807) is 11.6 Å². The third-order valence-corrected chi connectivity index (χ3v) is 3.64. The Morgan fingerprint density at radius 1 is 1.44 bits per heavy atom. The maximum atomic E-state index is 5.30. The predicted octanol–water partition coefficient (Wildman–Crippen LogP) is 1.55. The number of likely N-dealkylation sites (tertiary alicyclic amines) is 1. The molecule has 0 saturated carbocycles. The SMILES string of the molecule is CCN1CCC(c2nc3cccc(OC)n3n2)C1. The van der Waals surface area contributed by atoms with Crippen LogP contribution in [0.15, 0.2) is 18.2 Å². The van der Waals surface area contributed by atoms with Gasteiger partial charge in [-0.05, 0) is 25.6 Å². The summed E-state index contributed by atoms with van der Waals surface area (Å²) in [4.78, 5) is 7.06. The molecule has 2 aromatic heterocycles. The molecule has 3 heterocycles. The summed E-state index contributed by atoms with van der Waals surface area (Å²) in [6.07, 6.45) is 1.15. The fourth-order valence-electron chi connectivity index (χ4n) is 2.56. The molecule has 0 aliphatic carbocycles. The van der Waals surface area contributed by atoms with E-state index >= 15 is 0 Å². The second-order valence-corrected chi connectivity index (χ2v) is 4.69. The van der Waals surface area contributed by atoms with Crippen molar-refractivity contribution < 1.29 is 4.74 Å². The summed E-state index contributed by atoms with van der Waals surface area (Å²) in [5.74, 6) is 2.13. The highest BCUT2D eigenvalue weighted by atomic mass is 16.5. The van der Waals surface area contributed by atoms with Crippen LogP contribution in [0.1, 0.15) is 25.1 Å². The van der Waals surface area contributed by atoms with Gasteiger partial charge in [0.2, 0.25) is 5.88 Å². The average Bonchev–Trinajstić information content (AvgIpc) is 3.03. The van der Waals surface area contributed by atoms with Crippen LogP contribution in [0.2, 0.25) is 0 Å². The van der Waals surface area contributed by atoms with Gasteiger partial charge < -0.3 is 9.64 Å². The van der Waals surface area contributed by atoms with E-state index < -0.39 is 0 Å². The molecular weight excluding hydrogens is 228 g/mol. The monoisotopic (exact) mass is 246 g/mol. The van der Waals surface area contributed by atoms with E-state index in [0.29, 0.717) is 5.92 Å². The molecule has 5 nitrogen and oxygen atoms in total. The van der Waals surface area contributed by atoms with Gasteiger partial charge in [-0.1, -0.05) is 13.0 Å². The number of fused-ring (bicyclic) bond motifs is 1. The molecule has 5 heteroatoms. The molecule has 1 fully saturated rings. The predicted molar refractivity (Wildman–Crippen MR) is 69.0 cm³/mol. The van der Waals surface area contributed by atoms with Crippen molar-refractivity contribution in [2.75, 3.05) is 26.7 Å². The quantitative estimate of drug-likeness (QED) is 0.824. The smallest absolute Gasteiger partial charge is 0.216 e. The van der Waals surface area contributed by atoms with E-state index in [2.05, 4.69) is 21.9 Å². The van der Waals surface area contributed by atoms with Crippen LogP contribution < -0.4 is 4.74 Å². The Bertz CT molecular complexity index is 551. The van der Waals surface area contributed by atoms with Gasteiger partial charge in [0.15, 0.2) is 11.5 Å². The number of aromatic nitrogens is 3. The summed E-state index contributed by atoms with van der Waals surface area (Å²) >= 11 is 0. The molecule has 0 amide bonds. The second kappa shape index (κ2) is 4.57. The largest absolute Gasteiger partial charge is 0.481 e. The highest BCUT2D eigenvalue weighted by molar-refractivity contribution is 5.41. The van der Waals surface area contributed by atoms with Crippen LogP contribution in [0.4, 0.5) is 0 Å². The van der Waals surface area contributed by atoms with Crippen molar-refractivity contribution in [2.24, 2.45) is 0 Å². The van der Waals surface area contributed by atoms with Crippen molar-refractivity contribution in [1.29, 1.82) is 0 Å². The molecule has 1 aliphatic heterocycles. The van der Waals surface area contributed by atoms with E-state index in [4.69, 9.17) is 4.74 Å². The summed E-state index contributed by atoms with van der Waals surface area (Å²) in [5.41, 5.74) is 0.860. The summed E-state index contributed by atoms with van der Waals surface area (Å²) in [5, 5.41) is 4.59. The third kappa shape index (κ3) is 1.84. The van der Waals surface area contributed by atoms with E-state index in [9.17, 15) is 0 Å². The first-order chi connectivity index (χ1) is 8.81. The number of methoxy groups -OCH3 is 1. The lowest BCUT2D eigenvalue weighted by Gasteiger charge is -2.10. The molecule has 3 rings (SSSR count). The highest BCUT2D eigenvalue weighted by Gasteiger charge is 2.26. The molecule has 1 atom stereocenters. The Hall–Kier alpha value is -1.62. The summed E-state index contributed by atoms with van der Waals surface area (Å²) in [7, 11) is 1.66. The molecule has 18 heavy (non-hydrogen) atoms. The Morgan fingerprint density at radius 3 is 3.06 bits per heavy atom. The van der Waals surface area contributed by atoms with Gasteiger partial charge in [-0.3, -0.25) is 0 Å².